The van der Waals surface area contributed by atoms with E-state index in [9.17, 15) is 8.42 Å². The molecule has 1 aliphatic rings. The van der Waals surface area contributed by atoms with E-state index in [0.717, 1.165) is 48.7 Å². The van der Waals surface area contributed by atoms with Gasteiger partial charge in [0.15, 0.2) is 5.65 Å². The predicted molar refractivity (Wildman–Crippen MR) is 154 cm³/mol. The summed E-state index contributed by atoms with van der Waals surface area (Å²) in [7, 11) is 2.53. The number of rotatable bonds is 7. The number of nitrogens with zero attached hydrogens (tertiary/aromatic N) is 5. The molecule has 39 heavy (non-hydrogen) atoms. The van der Waals surface area contributed by atoms with Gasteiger partial charge in [0.1, 0.15) is 13.7 Å². The summed E-state index contributed by atoms with van der Waals surface area (Å²) in [6.07, 6.45) is 4.99. The third-order valence-corrected chi connectivity index (χ3v) is 9.14. The van der Waals surface area contributed by atoms with E-state index in [-0.39, 0.29) is 10.9 Å². The minimum absolute atomic E-state index is 0.205. The second-order valence-electron chi connectivity index (χ2n) is 9.65. The first-order valence-electron chi connectivity index (χ1n) is 12.7. The quantitative estimate of drug-likeness (QED) is 0.306. The Bertz CT molecular complexity index is 1730. The molecule has 0 bridgehead atoms. The van der Waals surface area contributed by atoms with Crippen LogP contribution in [0.25, 0.3) is 16.9 Å². The molecule has 4 heterocycles. The summed E-state index contributed by atoms with van der Waals surface area (Å²) in [4.78, 5) is 7.28. The van der Waals surface area contributed by atoms with Crippen molar-refractivity contribution in [1.29, 1.82) is 0 Å². The van der Waals surface area contributed by atoms with Gasteiger partial charge in [-0.15, -0.1) is 0 Å². The second kappa shape index (κ2) is 10.5. The van der Waals surface area contributed by atoms with Gasteiger partial charge in [0.25, 0.3) is 10.0 Å². The summed E-state index contributed by atoms with van der Waals surface area (Å²) in [5.74, 6) is 0.799. The number of aromatic nitrogens is 4. The number of hydrogen-bond donors (Lipinski definition) is 1. The Hall–Kier alpha value is -3.60. The summed E-state index contributed by atoms with van der Waals surface area (Å²) >= 11 is 6.46. The van der Waals surface area contributed by atoms with E-state index in [4.69, 9.17) is 24.4 Å². The first-order chi connectivity index (χ1) is 18.9. The van der Waals surface area contributed by atoms with Gasteiger partial charge < -0.3 is 5.32 Å². The Morgan fingerprint density at radius 1 is 1.00 bits per heavy atom. The van der Waals surface area contributed by atoms with Crippen molar-refractivity contribution in [2.24, 2.45) is 0 Å². The molecule has 5 aromatic rings. The van der Waals surface area contributed by atoms with Crippen LogP contribution in [0.2, 0.25) is 5.02 Å². The fourth-order valence-corrected chi connectivity index (χ4v) is 6.65. The van der Waals surface area contributed by atoms with Gasteiger partial charge in [-0.05, 0) is 48.6 Å². The Morgan fingerprint density at radius 2 is 1.74 bits per heavy atom. The number of benzene rings is 2. The highest BCUT2D eigenvalue weighted by Gasteiger charge is 2.24. The van der Waals surface area contributed by atoms with E-state index in [1.165, 1.54) is 3.97 Å². The molecular formula is C28H26BClN6O2S. The highest BCUT2D eigenvalue weighted by atomic mass is 35.5. The molecule has 6 rings (SSSR count). The van der Waals surface area contributed by atoms with Crippen molar-refractivity contribution in [1.82, 2.24) is 23.5 Å². The van der Waals surface area contributed by atoms with E-state index in [1.807, 2.05) is 42.5 Å². The van der Waals surface area contributed by atoms with Crippen LogP contribution in [0.5, 0.6) is 0 Å². The zero-order chi connectivity index (χ0) is 27.0. The lowest BCUT2D eigenvalue weighted by molar-refractivity contribution is 0.208. The lowest BCUT2D eigenvalue weighted by Gasteiger charge is -2.33. The van der Waals surface area contributed by atoms with Gasteiger partial charge in [-0.3, -0.25) is 4.90 Å². The zero-order valence-corrected chi connectivity index (χ0v) is 22.7. The summed E-state index contributed by atoms with van der Waals surface area (Å²) < 4.78 is 29.5. The molecule has 0 amide bonds. The maximum atomic E-state index is 13.2. The van der Waals surface area contributed by atoms with Gasteiger partial charge in [-0.25, -0.2) is 17.4 Å². The average Bonchev–Trinajstić information content (AvgIpc) is 3.58. The third-order valence-electron chi connectivity index (χ3n) is 7.07. The molecule has 1 fully saturated rings. The third kappa shape index (κ3) is 5.07. The van der Waals surface area contributed by atoms with Crippen LogP contribution >= 0.6 is 11.6 Å². The average molecular weight is 557 g/mol. The van der Waals surface area contributed by atoms with Gasteiger partial charge in [-0.2, -0.15) is 9.61 Å². The number of hydrogen-bond acceptors (Lipinski definition) is 6. The van der Waals surface area contributed by atoms with Crippen molar-refractivity contribution in [2.75, 3.05) is 18.4 Å². The molecule has 1 saturated heterocycles. The summed E-state index contributed by atoms with van der Waals surface area (Å²) in [6.45, 7) is 2.19. The molecule has 1 N–H and O–H groups in total. The molecule has 8 nitrogen and oxygen atoms in total. The van der Waals surface area contributed by atoms with Crippen molar-refractivity contribution in [3.05, 3.63) is 95.9 Å². The second-order valence-corrected chi connectivity index (χ2v) is 11.9. The Morgan fingerprint density at radius 3 is 2.51 bits per heavy atom. The predicted octanol–water partition coefficient (Wildman–Crippen LogP) is 3.96. The van der Waals surface area contributed by atoms with Crippen molar-refractivity contribution in [3.8, 4) is 11.3 Å². The highest BCUT2D eigenvalue weighted by Crippen LogP contribution is 2.29. The Balaban J connectivity index is 1.17. The number of likely N-dealkylation sites (tertiary alicyclic amines) is 1. The lowest BCUT2D eigenvalue weighted by atomic mass is 10.0. The lowest BCUT2D eigenvalue weighted by Crippen LogP contribution is -2.39. The summed E-state index contributed by atoms with van der Waals surface area (Å²) in [5.41, 5.74) is 3.37. The number of halogens is 1. The van der Waals surface area contributed by atoms with Crippen LogP contribution < -0.4 is 10.8 Å². The minimum atomic E-state index is -3.64. The molecule has 196 valence electrons. The molecule has 0 spiro atoms. The fourth-order valence-electron chi connectivity index (χ4n) is 5.03. The number of fused-ring (bicyclic) bond motifs is 1. The van der Waals surface area contributed by atoms with Crippen LogP contribution in [0.4, 0.5) is 5.82 Å². The first kappa shape index (κ1) is 25.7. The Kier molecular flexibility index (Phi) is 6.93. The molecule has 1 aliphatic heterocycles. The van der Waals surface area contributed by atoms with Crippen molar-refractivity contribution in [3.63, 3.8) is 0 Å². The summed E-state index contributed by atoms with van der Waals surface area (Å²) in [5, 5.41) is 8.68. The molecule has 0 aliphatic carbocycles. The van der Waals surface area contributed by atoms with Gasteiger partial charge in [0.2, 0.25) is 0 Å². The van der Waals surface area contributed by atoms with Crippen LogP contribution in [0, 0.1) is 0 Å². The minimum Gasteiger partial charge on any atom is -0.367 e. The van der Waals surface area contributed by atoms with Gasteiger partial charge >= 0.3 is 0 Å². The molecule has 0 atom stereocenters. The first-order valence-corrected chi connectivity index (χ1v) is 14.6. The monoisotopic (exact) mass is 556 g/mol. The number of anilines is 1. The normalized spacial score (nSPS) is 15.1. The van der Waals surface area contributed by atoms with E-state index in [0.29, 0.717) is 22.7 Å². The Labute approximate surface area is 233 Å². The van der Waals surface area contributed by atoms with Crippen LogP contribution in [-0.4, -0.2) is 58.9 Å². The standard InChI is InChI=1S/C28H26BClN6O2S/c29-24-18-31-36-27(17-26(33-28(24)36)23-10-4-5-11-25(23)30)32-20-12-15-34(16-13-20)19-21-7-6-14-35(21)39(37,38)22-8-2-1-3-9-22/h1-11,14,17-18,20,32H,12-13,15-16,19H2. The molecule has 0 unspecified atom stereocenters. The van der Waals surface area contributed by atoms with Crippen molar-refractivity contribution in [2.45, 2.75) is 30.3 Å². The molecule has 2 radical (unpaired) electrons. The maximum absolute atomic E-state index is 13.2. The van der Waals surface area contributed by atoms with Crippen LogP contribution in [0.1, 0.15) is 18.5 Å². The smallest absolute Gasteiger partial charge is 0.267 e. The molecule has 3 aromatic heterocycles. The summed E-state index contributed by atoms with van der Waals surface area (Å²) in [6, 6.07) is 21.9. The van der Waals surface area contributed by atoms with E-state index in [2.05, 4.69) is 15.3 Å². The molecule has 2 aromatic carbocycles. The van der Waals surface area contributed by atoms with Crippen molar-refractivity contribution >= 4 is 46.4 Å². The van der Waals surface area contributed by atoms with Gasteiger partial charge in [-0.1, -0.05) is 48.0 Å². The highest BCUT2D eigenvalue weighted by molar-refractivity contribution is 7.90. The molecule has 0 saturated carbocycles. The van der Waals surface area contributed by atoms with Gasteiger partial charge in [0.05, 0.1) is 10.6 Å². The largest absolute Gasteiger partial charge is 0.367 e. The molecular weight excluding hydrogens is 531 g/mol. The topological polar surface area (TPSA) is 84.5 Å². The maximum Gasteiger partial charge on any atom is 0.267 e. The number of nitrogens with one attached hydrogen (secondary N) is 1. The van der Waals surface area contributed by atoms with Crippen LogP contribution in [0.3, 0.4) is 0 Å². The van der Waals surface area contributed by atoms with Crippen LogP contribution in [-0.2, 0) is 16.6 Å². The van der Waals surface area contributed by atoms with E-state index >= 15 is 0 Å². The number of piperidine rings is 1. The van der Waals surface area contributed by atoms with Gasteiger partial charge in [0, 0.05) is 60.4 Å². The zero-order valence-electron chi connectivity index (χ0n) is 21.1. The van der Waals surface area contributed by atoms with Crippen LogP contribution in [0.15, 0.2) is 90.1 Å². The van der Waals surface area contributed by atoms with E-state index in [1.54, 1.807) is 47.2 Å². The molecule has 11 heteroatoms. The van der Waals surface area contributed by atoms with E-state index < -0.39 is 10.0 Å². The van der Waals surface area contributed by atoms with Crippen molar-refractivity contribution < 1.29 is 8.42 Å². The fraction of sp³-hybridized carbons (Fsp3) is 0.214. The SMILES string of the molecule is [B]c1cnn2c(NC3CCN(Cc4cccn4S(=O)(=O)c4ccccc4)CC3)cc(-c3ccccc3Cl)nc12.